The van der Waals surface area contributed by atoms with Gasteiger partial charge in [-0.15, -0.1) is 0 Å². The van der Waals surface area contributed by atoms with Crippen molar-refractivity contribution in [2.75, 3.05) is 5.32 Å². The summed E-state index contributed by atoms with van der Waals surface area (Å²) in [6, 6.07) is 3.71. The quantitative estimate of drug-likeness (QED) is 0.687. The average Bonchev–Trinajstić information content (AvgIpc) is 2.72. The molecular weight excluding hydrogens is 223 g/mol. The molecule has 0 aliphatic heterocycles. The number of halogens is 1. The molecule has 92 valence electrons. The zero-order valence-corrected chi connectivity index (χ0v) is 9.37. The van der Waals surface area contributed by atoms with Gasteiger partial charge >= 0.3 is 0 Å². The van der Waals surface area contributed by atoms with E-state index in [9.17, 15) is 9.18 Å². The second-order valence-corrected chi connectivity index (χ2v) is 4.48. The maximum Gasteiger partial charge on any atom is 0.244 e. The highest BCUT2D eigenvalue weighted by atomic mass is 19.1. The molecule has 1 saturated carbocycles. The van der Waals surface area contributed by atoms with Crippen molar-refractivity contribution in [3.8, 4) is 5.75 Å². The molecule has 1 aromatic rings. The molecule has 0 saturated heterocycles. The van der Waals surface area contributed by atoms with E-state index in [0.29, 0.717) is 18.5 Å². The summed E-state index contributed by atoms with van der Waals surface area (Å²) in [5, 5.41) is 11.6. The number of anilines is 1. The van der Waals surface area contributed by atoms with E-state index >= 15 is 0 Å². The highest BCUT2D eigenvalue weighted by Gasteiger charge is 2.36. The molecule has 0 radical (unpaired) electrons. The third-order valence-electron chi connectivity index (χ3n) is 3.15. The molecule has 1 aromatic carbocycles. The lowest BCUT2D eigenvalue weighted by Gasteiger charge is -2.22. The minimum absolute atomic E-state index is 0.292. The first-order valence-corrected chi connectivity index (χ1v) is 5.60. The van der Waals surface area contributed by atoms with Crippen molar-refractivity contribution in [3.05, 3.63) is 24.0 Å². The van der Waals surface area contributed by atoms with Crippen LogP contribution in [0.5, 0.6) is 5.75 Å². The Kier molecular flexibility index (Phi) is 3.02. The Labute approximate surface area is 98.6 Å². The molecule has 0 aromatic heterocycles. The van der Waals surface area contributed by atoms with Crippen molar-refractivity contribution in [1.82, 2.24) is 0 Å². The summed E-state index contributed by atoms with van der Waals surface area (Å²) in [7, 11) is 0. The molecule has 1 fully saturated rings. The molecule has 0 heterocycles. The Balaban J connectivity index is 2.10. The van der Waals surface area contributed by atoms with Crippen LogP contribution in [0.3, 0.4) is 0 Å². The molecule has 4 nitrogen and oxygen atoms in total. The van der Waals surface area contributed by atoms with Crippen LogP contribution in [0.25, 0.3) is 0 Å². The van der Waals surface area contributed by atoms with Gasteiger partial charge in [0.2, 0.25) is 5.91 Å². The number of hydrogen-bond acceptors (Lipinski definition) is 3. The van der Waals surface area contributed by atoms with Crippen LogP contribution in [0.4, 0.5) is 10.1 Å². The summed E-state index contributed by atoms with van der Waals surface area (Å²) in [6.07, 6.45) is 3.18. The van der Waals surface area contributed by atoms with E-state index in [-0.39, 0.29) is 5.91 Å². The second-order valence-electron chi connectivity index (χ2n) is 4.48. The van der Waals surface area contributed by atoms with Crippen molar-refractivity contribution in [2.45, 2.75) is 31.2 Å². The predicted octanol–water partition coefficient (Wildman–Crippen LogP) is 1.74. The van der Waals surface area contributed by atoms with E-state index in [2.05, 4.69) is 5.32 Å². The Bertz CT molecular complexity index is 442. The standard InChI is InChI=1S/C12H15FN2O2/c13-9-7-8(3-4-10(9)16)15-11(17)12(14)5-1-2-6-12/h3-4,7,16H,1-2,5-6,14H2,(H,15,17). The minimum atomic E-state index is -0.839. The first kappa shape index (κ1) is 11.9. The van der Waals surface area contributed by atoms with Gasteiger partial charge in [-0.1, -0.05) is 12.8 Å². The lowest BCUT2D eigenvalue weighted by molar-refractivity contribution is -0.121. The Morgan fingerprint density at radius 1 is 1.41 bits per heavy atom. The fourth-order valence-corrected chi connectivity index (χ4v) is 2.07. The number of amides is 1. The van der Waals surface area contributed by atoms with E-state index in [1.165, 1.54) is 12.1 Å². The molecule has 0 bridgehead atoms. The second kappa shape index (κ2) is 4.33. The lowest BCUT2D eigenvalue weighted by Crippen LogP contribution is -2.48. The largest absolute Gasteiger partial charge is 0.505 e. The van der Waals surface area contributed by atoms with Gasteiger partial charge in [-0.2, -0.15) is 0 Å². The van der Waals surface area contributed by atoms with Crippen LogP contribution in [-0.4, -0.2) is 16.6 Å². The maximum absolute atomic E-state index is 13.1. The Hall–Kier alpha value is -1.62. The molecule has 17 heavy (non-hydrogen) atoms. The van der Waals surface area contributed by atoms with E-state index in [1.807, 2.05) is 0 Å². The zero-order chi connectivity index (χ0) is 12.5. The topological polar surface area (TPSA) is 75.4 Å². The van der Waals surface area contributed by atoms with Crippen molar-refractivity contribution in [2.24, 2.45) is 5.73 Å². The van der Waals surface area contributed by atoms with E-state index in [0.717, 1.165) is 18.9 Å². The predicted molar refractivity (Wildman–Crippen MR) is 62.1 cm³/mol. The molecular formula is C12H15FN2O2. The fraction of sp³-hybridized carbons (Fsp3) is 0.417. The van der Waals surface area contributed by atoms with E-state index in [4.69, 9.17) is 10.8 Å². The van der Waals surface area contributed by atoms with Gasteiger partial charge in [-0.25, -0.2) is 4.39 Å². The number of phenols is 1. The van der Waals surface area contributed by atoms with Crippen molar-refractivity contribution >= 4 is 11.6 Å². The summed E-state index contributed by atoms with van der Waals surface area (Å²) in [4.78, 5) is 11.9. The molecule has 0 unspecified atom stereocenters. The average molecular weight is 238 g/mol. The number of rotatable bonds is 2. The van der Waals surface area contributed by atoms with Gasteiger partial charge in [-0.05, 0) is 25.0 Å². The van der Waals surface area contributed by atoms with Gasteiger partial charge in [0.1, 0.15) is 0 Å². The minimum Gasteiger partial charge on any atom is -0.505 e. The third-order valence-corrected chi connectivity index (χ3v) is 3.15. The molecule has 5 heteroatoms. The van der Waals surface area contributed by atoms with Gasteiger partial charge in [-0.3, -0.25) is 4.79 Å². The van der Waals surface area contributed by atoms with Crippen LogP contribution < -0.4 is 11.1 Å². The summed E-state index contributed by atoms with van der Waals surface area (Å²) >= 11 is 0. The van der Waals surface area contributed by atoms with Crippen LogP contribution in [-0.2, 0) is 4.79 Å². The van der Waals surface area contributed by atoms with Gasteiger partial charge < -0.3 is 16.2 Å². The summed E-state index contributed by atoms with van der Waals surface area (Å²) < 4.78 is 13.1. The van der Waals surface area contributed by atoms with Crippen molar-refractivity contribution in [1.29, 1.82) is 0 Å². The highest BCUT2D eigenvalue weighted by Crippen LogP contribution is 2.29. The van der Waals surface area contributed by atoms with Crippen LogP contribution in [0.1, 0.15) is 25.7 Å². The number of nitrogens with two attached hydrogens (primary N) is 1. The van der Waals surface area contributed by atoms with Gasteiger partial charge in [0, 0.05) is 11.8 Å². The number of carbonyl (C=O) groups excluding carboxylic acids is 1. The molecule has 1 aliphatic carbocycles. The van der Waals surface area contributed by atoms with Gasteiger partial charge in [0.25, 0.3) is 0 Å². The Morgan fingerprint density at radius 2 is 2.06 bits per heavy atom. The van der Waals surface area contributed by atoms with Crippen molar-refractivity contribution in [3.63, 3.8) is 0 Å². The fourth-order valence-electron chi connectivity index (χ4n) is 2.07. The van der Waals surface area contributed by atoms with Crippen molar-refractivity contribution < 1.29 is 14.3 Å². The third kappa shape index (κ3) is 2.39. The SMILES string of the molecule is NC1(C(=O)Nc2ccc(O)c(F)c2)CCCC1. The maximum atomic E-state index is 13.1. The smallest absolute Gasteiger partial charge is 0.244 e. The lowest BCUT2D eigenvalue weighted by atomic mass is 9.98. The number of phenolic OH excluding ortho intramolecular Hbond substituents is 1. The highest BCUT2D eigenvalue weighted by molar-refractivity contribution is 5.98. The Morgan fingerprint density at radius 3 is 2.65 bits per heavy atom. The monoisotopic (exact) mass is 238 g/mol. The molecule has 1 aliphatic rings. The molecule has 0 spiro atoms. The van der Waals surface area contributed by atoms with Gasteiger partial charge in [0.05, 0.1) is 5.54 Å². The number of hydrogen-bond donors (Lipinski definition) is 3. The molecule has 1 amide bonds. The zero-order valence-electron chi connectivity index (χ0n) is 9.37. The van der Waals surface area contributed by atoms with Crippen LogP contribution in [0.15, 0.2) is 18.2 Å². The number of carbonyl (C=O) groups is 1. The number of aromatic hydroxyl groups is 1. The first-order valence-electron chi connectivity index (χ1n) is 5.60. The summed E-state index contributed by atoms with van der Waals surface area (Å²) in [6.45, 7) is 0. The molecule has 0 atom stereocenters. The van der Waals surface area contributed by atoms with E-state index in [1.54, 1.807) is 0 Å². The summed E-state index contributed by atoms with van der Waals surface area (Å²) in [5.74, 6) is -1.49. The number of nitrogens with one attached hydrogen (secondary N) is 1. The number of benzene rings is 1. The molecule has 2 rings (SSSR count). The van der Waals surface area contributed by atoms with Crippen LogP contribution in [0.2, 0.25) is 0 Å². The van der Waals surface area contributed by atoms with Crippen LogP contribution in [0, 0.1) is 5.82 Å². The van der Waals surface area contributed by atoms with Crippen LogP contribution >= 0.6 is 0 Å². The van der Waals surface area contributed by atoms with E-state index < -0.39 is 17.1 Å². The summed E-state index contributed by atoms with van der Waals surface area (Å²) in [5.41, 5.74) is 5.43. The molecule has 4 N–H and O–H groups in total. The first-order chi connectivity index (χ1) is 8.01. The normalized spacial score (nSPS) is 18.0. The van der Waals surface area contributed by atoms with Gasteiger partial charge in [0.15, 0.2) is 11.6 Å².